The fraction of sp³-hybridized carbons (Fsp3) is 0.0909. The number of benzene rings is 2. The van der Waals surface area contributed by atoms with Crippen molar-refractivity contribution in [3.05, 3.63) is 89.3 Å². The van der Waals surface area contributed by atoms with Gasteiger partial charge in [-0.25, -0.2) is 8.42 Å². The minimum atomic E-state index is -3.90. The van der Waals surface area contributed by atoms with Crippen molar-refractivity contribution < 1.29 is 13.2 Å². The first-order valence-electron chi connectivity index (χ1n) is 9.60. The lowest BCUT2D eigenvalue weighted by Gasteiger charge is -2.13. The monoisotopic (exact) mass is 469 g/mol. The second kappa shape index (κ2) is 8.52. The smallest absolute Gasteiger partial charge is 0.262 e. The Balaban J connectivity index is 1.62. The minimum absolute atomic E-state index is 0.0482. The van der Waals surface area contributed by atoms with Crippen LogP contribution in [0.25, 0.3) is 5.82 Å². The third-order valence-corrected chi connectivity index (χ3v) is 6.57. The molecule has 2 aromatic carbocycles. The van der Waals surface area contributed by atoms with Crippen LogP contribution in [0, 0.1) is 6.92 Å². The molecule has 8 nitrogen and oxygen atoms in total. The van der Waals surface area contributed by atoms with E-state index in [-0.39, 0.29) is 4.90 Å². The number of hydrogen-bond donors (Lipinski definition) is 2. The second-order valence-electron chi connectivity index (χ2n) is 7.15. The molecule has 0 aliphatic rings. The number of carbonyl (C=O) groups is 1. The summed E-state index contributed by atoms with van der Waals surface area (Å²) in [4.78, 5) is 13.0. The van der Waals surface area contributed by atoms with E-state index in [4.69, 9.17) is 11.6 Å². The standard InChI is InChI=1S/C22H20ClN5O3S/c1-15-8-9-17(13-20(15)32(30,31)26-18-7-5-6-16(23)12-18)25-21(29)19-14-24-27(2)22(19)28-10-3-4-11-28/h3-14,26H,1-2H3,(H,25,29). The number of sulfonamides is 1. The van der Waals surface area contributed by atoms with Gasteiger partial charge in [0, 0.05) is 30.2 Å². The summed E-state index contributed by atoms with van der Waals surface area (Å²) in [5, 5.41) is 7.36. The molecule has 0 aliphatic carbocycles. The van der Waals surface area contributed by atoms with Crippen molar-refractivity contribution in [2.45, 2.75) is 11.8 Å². The maximum Gasteiger partial charge on any atom is 0.262 e. The first-order valence-corrected chi connectivity index (χ1v) is 11.5. The Morgan fingerprint density at radius 1 is 1.03 bits per heavy atom. The average molecular weight is 470 g/mol. The van der Waals surface area contributed by atoms with Crippen LogP contribution >= 0.6 is 11.6 Å². The van der Waals surface area contributed by atoms with Crippen molar-refractivity contribution >= 4 is 38.9 Å². The first-order chi connectivity index (χ1) is 15.2. The molecule has 0 fully saturated rings. The fourth-order valence-electron chi connectivity index (χ4n) is 3.30. The van der Waals surface area contributed by atoms with Gasteiger partial charge in [0.15, 0.2) is 0 Å². The Hall–Kier alpha value is -3.56. The van der Waals surface area contributed by atoms with Gasteiger partial charge in [0.25, 0.3) is 15.9 Å². The Bertz CT molecular complexity index is 1390. The van der Waals surface area contributed by atoms with Crippen molar-refractivity contribution in [3.63, 3.8) is 0 Å². The van der Waals surface area contributed by atoms with Gasteiger partial charge >= 0.3 is 0 Å². The first kappa shape index (κ1) is 21.7. The summed E-state index contributed by atoms with van der Waals surface area (Å²) in [5.41, 5.74) is 1.57. The predicted molar refractivity (Wildman–Crippen MR) is 124 cm³/mol. The number of hydrogen-bond acceptors (Lipinski definition) is 4. The largest absolute Gasteiger partial charge is 0.322 e. The molecule has 0 unspecified atom stereocenters. The number of amides is 1. The van der Waals surface area contributed by atoms with Crippen LogP contribution in [0.2, 0.25) is 5.02 Å². The normalized spacial score (nSPS) is 11.3. The van der Waals surface area contributed by atoms with Gasteiger partial charge in [-0.2, -0.15) is 5.10 Å². The van der Waals surface area contributed by atoms with E-state index >= 15 is 0 Å². The Morgan fingerprint density at radius 3 is 2.50 bits per heavy atom. The molecule has 32 heavy (non-hydrogen) atoms. The minimum Gasteiger partial charge on any atom is -0.322 e. The lowest BCUT2D eigenvalue weighted by atomic mass is 10.2. The van der Waals surface area contributed by atoms with Crippen molar-refractivity contribution in [3.8, 4) is 5.82 Å². The molecular formula is C22H20ClN5O3S. The van der Waals surface area contributed by atoms with E-state index < -0.39 is 15.9 Å². The fourth-order valence-corrected chi connectivity index (χ4v) is 4.81. The molecule has 0 saturated carbocycles. The zero-order chi connectivity index (χ0) is 22.9. The molecule has 0 radical (unpaired) electrons. The summed E-state index contributed by atoms with van der Waals surface area (Å²) in [6, 6.07) is 14.8. The van der Waals surface area contributed by atoms with Gasteiger partial charge in [0.1, 0.15) is 11.4 Å². The van der Waals surface area contributed by atoms with Gasteiger partial charge in [-0.1, -0.05) is 23.7 Å². The van der Waals surface area contributed by atoms with Crippen LogP contribution in [-0.4, -0.2) is 28.7 Å². The van der Waals surface area contributed by atoms with E-state index in [0.717, 1.165) is 0 Å². The van der Waals surface area contributed by atoms with E-state index in [9.17, 15) is 13.2 Å². The van der Waals surface area contributed by atoms with Gasteiger partial charge in [0.2, 0.25) is 0 Å². The van der Waals surface area contributed by atoms with E-state index in [1.807, 2.05) is 24.5 Å². The molecule has 0 bridgehead atoms. The summed E-state index contributed by atoms with van der Waals surface area (Å²) in [6.45, 7) is 1.68. The zero-order valence-electron chi connectivity index (χ0n) is 17.3. The highest BCUT2D eigenvalue weighted by molar-refractivity contribution is 7.92. The van der Waals surface area contributed by atoms with E-state index in [1.54, 1.807) is 53.6 Å². The van der Waals surface area contributed by atoms with Crippen LogP contribution < -0.4 is 10.0 Å². The molecule has 4 aromatic rings. The molecule has 2 aromatic heterocycles. The Morgan fingerprint density at radius 2 is 1.78 bits per heavy atom. The number of carbonyl (C=O) groups excluding carboxylic acids is 1. The van der Waals surface area contributed by atoms with Crippen molar-refractivity contribution in [2.24, 2.45) is 7.05 Å². The summed E-state index contributed by atoms with van der Waals surface area (Å²) < 4.78 is 31.8. The third kappa shape index (κ3) is 4.39. The number of halogens is 1. The number of nitrogens with one attached hydrogen (secondary N) is 2. The van der Waals surface area contributed by atoms with E-state index in [2.05, 4.69) is 15.1 Å². The van der Waals surface area contributed by atoms with Crippen LogP contribution in [0.1, 0.15) is 15.9 Å². The molecule has 2 N–H and O–H groups in total. The maximum absolute atomic E-state index is 13.0. The zero-order valence-corrected chi connectivity index (χ0v) is 18.9. The number of rotatable bonds is 6. The third-order valence-electron chi connectivity index (χ3n) is 4.81. The molecule has 4 rings (SSSR count). The van der Waals surface area contributed by atoms with E-state index in [0.29, 0.717) is 33.3 Å². The van der Waals surface area contributed by atoms with Crippen molar-refractivity contribution in [1.82, 2.24) is 14.3 Å². The van der Waals surface area contributed by atoms with Crippen LogP contribution in [0.15, 0.2) is 78.1 Å². The molecule has 0 aliphatic heterocycles. The molecule has 0 saturated heterocycles. The van der Waals surface area contributed by atoms with E-state index in [1.165, 1.54) is 18.3 Å². The van der Waals surface area contributed by atoms with Gasteiger partial charge in [0.05, 0.1) is 16.8 Å². The maximum atomic E-state index is 13.0. The van der Waals surface area contributed by atoms with Gasteiger partial charge in [-0.15, -0.1) is 0 Å². The predicted octanol–water partition coefficient (Wildman–Crippen LogP) is 4.23. The number of anilines is 2. The molecule has 0 atom stereocenters. The summed E-state index contributed by atoms with van der Waals surface area (Å²) in [7, 11) is -2.16. The highest BCUT2D eigenvalue weighted by Crippen LogP contribution is 2.25. The SMILES string of the molecule is Cc1ccc(NC(=O)c2cnn(C)c2-n2cccc2)cc1S(=O)(=O)Nc1cccc(Cl)c1. The molecule has 2 heterocycles. The molecule has 0 spiro atoms. The highest BCUT2D eigenvalue weighted by atomic mass is 35.5. The topological polar surface area (TPSA) is 98.0 Å². The highest BCUT2D eigenvalue weighted by Gasteiger charge is 2.21. The number of aryl methyl sites for hydroxylation is 2. The average Bonchev–Trinajstić information content (AvgIpc) is 3.38. The quantitative estimate of drug-likeness (QED) is 0.441. The molecule has 164 valence electrons. The van der Waals surface area contributed by atoms with Crippen LogP contribution in [0.4, 0.5) is 11.4 Å². The van der Waals surface area contributed by atoms with Crippen LogP contribution in [0.5, 0.6) is 0 Å². The van der Waals surface area contributed by atoms with Gasteiger partial charge in [-0.3, -0.25) is 14.2 Å². The van der Waals surface area contributed by atoms with Gasteiger partial charge < -0.3 is 9.88 Å². The number of nitrogens with zero attached hydrogens (tertiary/aromatic N) is 3. The Kier molecular flexibility index (Phi) is 5.77. The Labute approximate surface area is 190 Å². The van der Waals surface area contributed by atoms with Crippen LogP contribution in [0.3, 0.4) is 0 Å². The van der Waals surface area contributed by atoms with Crippen molar-refractivity contribution in [1.29, 1.82) is 0 Å². The summed E-state index contributed by atoms with van der Waals surface area (Å²) >= 11 is 5.95. The number of aromatic nitrogens is 3. The lowest BCUT2D eigenvalue weighted by molar-refractivity contribution is 0.102. The lowest BCUT2D eigenvalue weighted by Crippen LogP contribution is -2.17. The van der Waals surface area contributed by atoms with Gasteiger partial charge in [-0.05, 0) is 55.0 Å². The molecule has 10 heteroatoms. The summed E-state index contributed by atoms with van der Waals surface area (Å²) in [6.07, 6.45) is 5.09. The van der Waals surface area contributed by atoms with Crippen LogP contribution in [-0.2, 0) is 17.1 Å². The molecular weight excluding hydrogens is 450 g/mol. The molecule has 1 amide bonds. The van der Waals surface area contributed by atoms with Crippen molar-refractivity contribution in [2.75, 3.05) is 10.0 Å². The second-order valence-corrected chi connectivity index (χ2v) is 9.23. The summed E-state index contributed by atoms with van der Waals surface area (Å²) in [5.74, 6) is 0.187.